The first-order chi connectivity index (χ1) is 8.04. The van der Waals surface area contributed by atoms with Gasteiger partial charge in [-0.1, -0.05) is 0 Å². The third-order valence-corrected chi connectivity index (χ3v) is 3.24. The van der Waals surface area contributed by atoms with Gasteiger partial charge in [0.2, 0.25) is 0 Å². The number of aromatic amines is 1. The normalized spacial score (nSPS) is 10.8. The van der Waals surface area contributed by atoms with E-state index in [9.17, 15) is 4.39 Å². The molecule has 17 heavy (non-hydrogen) atoms. The maximum Gasteiger partial charge on any atom is 0.199 e. The lowest BCUT2D eigenvalue weighted by atomic mass is 10.2. The Labute approximate surface area is 110 Å². The molecule has 1 aromatic carbocycles. The fraction of sp³-hybridized carbons (Fsp3) is 0.200. The highest BCUT2D eigenvalue weighted by molar-refractivity contribution is 9.10. The molecule has 2 aromatic rings. The number of halogens is 2. The quantitative estimate of drug-likeness (QED) is 0.837. The first-order valence-electron chi connectivity index (χ1n) is 4.77. The molecule has 0 aliphatic carbocycles. The number of aryl methyl sites for hydroxylation is 1. The van der Waals surface area contributed by atoms with E-state index in [0.29, 0.717) is 20.8 Å². The molecule has 4 nitrogen and oxygen atoms in total. The van der Waals surface area contributed by atoms with Crippen molar-refractivity contribution < 1.29 is 9.50 Å². The van der Waals surface area contributed by atoms with Crippen LogP contribution < -0.4 is 0 Å². The molecule has 0 fully saturated rings. The largest absolute Gasteiger partial charge is 0.388 e. The van der Waals surface area contributed by atoms with E-state index in [2.05, 4.69) is 26.1 Å². The van der Waals surface area contributed by atoms with Crippen LogP contribution in [0.5, 0.6) is 0 Å². The molecular formula is C10H9BrFN3OS. The van der Waals surface area contributed by atoms with E-state index in [1.807, 2.05) is 6.92 Å². The molecule has 1 aromatic heterocycles. The van der Waals surface area contributed by atoms with E-state index in [4.69, 9.17) is 17.3 Å². The Kier molecular flexibility index (Phi) is 3.41. The van der Waals surface area contributed by atoms with E-state index in [-0.39, 0.29) is 6.61 Å². The molecule has 0 saturated carbocycles. The minimum atomic E-state index is -0.391. The average Bonchev–Trinajstić information content (AvgIpc) is 2.65. The number of aromatic nitrogens is 3. The Balaban J connectivity index is 2.72. The predicted molar refractivity (Wildman–Crippen MR) is 67.1 cm³/mol. The molecule has 1 heterocycles. The van der Waals surface area contributed by atoms with Gasteiger partial charge >= 0.3 is 0 Å². The number of nitrogens with zero attached hydrogens (tertiary/aromatic N) is 2. The van der Waals surface area contributed by atoms with E-state index >= 15 is 0 Å². The number of benzene rings is 1. The van der Waals surface area contributed by atoms with Crippen LogP contribution in [0.2, 0.25) is 0 Å². The van der Waals surface area contributed by atoms with Gasteiger partial charge in [-0.3, -0.25) is 9.67 Å². The Morgan fingerprint density at radius 3 is 2.94 bits per heavy atom. The Bertz CT molecular complexity index is 622. The number of H-pyrrole nitrogens is 1. The summed E-state index contributed by atoms with van der Waals surface area (Å²) in [5.41, 5.74) is 1.39. The highest BCUT2D eigenvalue weighted by atomic mass is 79.9. The van der Waals surface area contributed by atoms with Crippen molar-refractivity contribution in [3.05, 3.63) is 38.6 Å². The molecule has 0 saturated heterocycles. The second-order valence-electron chi connectivity index (χ2n) is 3.49. The number of aliphatic hydroxyl groups is 1. The Hall–Kier alpha value is -1.05. The van der Waals surface area contributed by atoms with Crippen molar-refractivity contribution in [2.45, 2.75) is 13.5 Å². The summed E-state index contributed by atoms with van der Waals surface area (Å²) in [4.78, 5) is 0. The van der Waals surface area contributed by atoms with Crippen molar-refractivity contribution in [2.75, 3.05) is 0 Å². The predicted octanol–water partition coefficient (Wildman–Crippen LogP) is 2.63. The number of aliphatic hydroxyl groups excluding tert-OH is 1. The van der Waals surface area contributed by atoms with Crippen LogP contribution in [0.1, 0.15) is 11.4 Å². The van der Waals surface area contributed by atoms with Crippen LogP contribution in [-0.4, -0.2) is 19.9 Å². The molecule has 0 spiro atoms. The minimum Gasteiger partial charge on any atom is -0.388 e. The van der Waals surface area contributed by atoms with Gasteiger partial charge in [-0.2, -0.15) is 5.10 Å². The van der Waals surface area contributed by atoms with E-state index in [0.717, 1.165) is 5.56 Å². The molecule has 2 N–H and O–H groups in total. The van der Waals surface area contributed by atoms with Gasteiger partial charge in [0.25, 0.3) is 0 Å². The third-order valence-electron chi connectivity index (χ3n) is 2.36. The van der Waals surface area contributed by atoms with Gasteiger partial charge in [-0.25, -0.2) is 4.39 Å². The summed E-state index contributed by atoms with van der Waals surface area (Å²) in [5, 5.41) is 15.6. The van der Waals surface area contributed by atoms with Crippen molar-refractivity contribution in [3.63, 3.8) is 0 Å². The van der Waals surface area contributed by atoms with Crippen LogP contribution in [0.3, 0.4) is 0 Å². The zero-order chi connectivity index (χ0) is 12.6. The molecule has 0 unspecified atom stereocenters. The summed E-state index contributed by atoms with van der Waals surface area (Å²) in [6, 6.07) is 3.00. The first kappa shape index (κ1) is 12.4. The summed E-state index contributed by atoms with van der Waals surface area (Å²) in [7, 11) is 0. The van der Waals surface area contributed by atoms with Gasteiger partial charge in [0.15, 0.2) is 10.6 Å². The Morgan fingerprint density at radius 1 is 1.59 bits per heavy atom. The van der Waals surface area contributed by atoms with Gasteiger partial charge in [0, 0.05) is 0 Å². The second-order valence-corrected chi connectivity index (χ2v) is 4.73. The number of hydrogen-bond acceptors (Lipinski definition) is 3. The highest BCUT2D eigenvalue weighted by Crippen LogP contribution is 2.24. The van der Waals surface area contributed by atoms with Gasteiger partial charge in [-0.05, 0) is 52.8 Å². The van der Waals surface area contributed by atoms with Crippen LogP contribution in [-0.2, 0) is 6.61 Å². The molecule has 0 atom stereocenters. The lowest BCUT2D eigenvalue weighted by Gasteiger charge is -2.09. The second kappa shape index (κ2) is 4.67. The standard InChI is InChI=1S/C10H9BrFN3OS/c1-5-2-6(11)7(12)3-8(5)15-9(4-16)13-14-10(15)17/h2-3,16H,4H2,1H3,(H,14,17). The van der Waals surface area contributed by atoms with Gasteiger partial charge in [-0.15, -0.1) is 0 Å². The molecule has 0 bridgehead atoms. The van der Waals surface area contributed by atoms with Crippen LogP contribution in [0.4, 0.5) is 4.39 Å². The summed E-state index contributed by atoms with van der Waals surface area (Å²) in [5.74, 6) is -0.0441. The third kappa shape index (κ3) is 2.18. The molecule has 90 valence electrons. The monoisotopic (exact) mass is 317 g/mol. The van der Waals surface area contributed by atoms with Crippen molar-refractivity contribution in [3.8, 4) is 5.69 Å². The fourth-order valence-electron chi connectivity index (χ4n) is 1.56. The molecule has 0 aliphatic heterocycles. The fourth-order valence-corrected chi connectivity index (χ4v) is 2.27. The maximum absolute atomic E-state index is 13.5. The maximum atomic E-state index is 13.5. The van der Waals surface area contributed by atoms with E-state index in [1.165, 1.54) is 10.6 Å². The zero-order valence-corrected chi connectivity index (χ0v) is 11.3. The number of hydrogen-bond donors (Lipinski definition) is 2. The smallest absolute Gasteiger partial charge is 0.199 e. The highest BCUT2D eigenvalue weighted by Gasteiger charge is 2.12. The molecule has 7 heteroatoms. The van der Waals surface area contributed by atoms with Gasteiger partial charge < -0.3 is 5.11 Å². The molecule has 0 aliphatic rings. The minimum absolute atomic E-state index is 0.274. The summed E-state index contributed by atoms with van der Waals surface area (Å²) < 4.78 is 15.8. The van der Waals surface area contributed by atoms with Crippen molar-refractivity contribution in [2.24, 2.45) is 0 Å². The first-order valence-corrected chi connectivity index (χ1v) is 5.98. The summed E-state index contributed by atoms with van der Waals surface area (Å²) >= 11 is 8.17. The topological polar surface area (TPSA) is 53.8 Å². The molecule has 0 radical (unpaired) electrons. The van der Waals surface area contributed by atoms with Crippen LogP contribution in [0, 0.1) is 17.5 Å². The lowest BCUT2D eigenvalue weighted by Crippen LogP contribution is -2.04. The summed E-state index contributed by atoms with van der Waals surface area (Å²) in [6.07, 6.45) is 0. The number of rotatable bonds is 2. The lowest BCUT2D eigenvalue weighted by molar-refractivity contribution is 0.268. The molecular weight excluding hydrogens is 309 g/mol. The van der Waals surface area contributed by atoms with Gasteiger partial charge in [0.1, 0.15) is 12.4 Å². The molecule has 2 rings (SSSR count). The molecule has 0 amide bonds. The average molecular weight is 318 g/mol. The zero-order valence-electron chi connectivity index (χ0n) is 8.87. The number of nitrogens with one attached hydrogen (secondary N) is 1. The Morgan fingerprint density at radius 2 is 2.29 bits per heavy atom. The van der Waals surface area contributed by atoms with E-state index in [1.54, 1.807) is 6.07 Å². The summed E-state index contributed by atoms with van der Waals surface area (Å²) in [6.45, 7) is 1.56. The van der Waals surface area contributed by atoms with Crippen LogP contribution >= 0.6 is 28.1 Å². The van der Waals surface area contributed by atoms with Gasteiger partial charge in [0.05, 0.1) is 10.2 Å². The van der Waals surface area contributed by atoms with Crippen LogP contribution in [0.15, 0.2) is 16.6 Å². The van der Waals surface area contributed by atoms with E-state index < -0.39 is 5.82 Å². The van der Waals surface area contributed by atoms with Crippen molar-refractivity contribution in [1.82, 2.24) is 14.8 Å². The van der Waals surface area contributed by atoms with Crippen molar-refractivity contribution in [1.29, 1.82) is 0 Å². The van der Waals surface area contributed by atoms with Crippen molar-refractivity contribution >= 4 is 28.1 Å². The SMILES string of the molecule is Cc1cc(Br)c(F)cc1-n1c(CO)n[nH]c1=S. The van der Waals surface area contributed by atoms with Crippen LogP contribution in [0.25, 0.3) is 5.69 Å².